The Hall–Kier alpha value is -1.05. The van der Waals surface area contributed by atoms with Crippen molar-refractivity contribution in [3.63, 3.8) is 0 Å². The van der Waals surface area contributed by atoms with Crippen molar-refractivity contribution in [1.82, 2.24) is 0 Å². The van der Waals surface area contributed by atoms with Gasteiger partial charge in [-0.1, -0.05) is 24.6 Å². The zero-order valence-corrected chi connectivity index (χ0v) is 8.30. The number of halogens is 1. The molecule has 0 unspecified atom stereocenters. The van der Waals surface area contributed by atoms with Gasteiger partial charge in [0.05, 0.1) is 0 Å². The Morgan fingerprint density at radius 1 is 1.07 bits per heavy atom. The van der Waals surface area contributed by atoms with E-state index in [0.717, 1.165) is 19.3 Å². The lowest BCUT2D eigenvalue weighted by molar-refractivity contribution is 0.107. The molecule has 1 fully saturated rings. The topological polar surface area (TPSA) is 26.0 Å². The van der Waals surface area contributed by atoms with Gasteiger partial charge < -0.3 is 5.73 Å². The number of rotatable bonds is 1. The number of nitrogen functional groups attached to an aromatic ring is 1. The van der Waals surface area contributed by atoms with Gasteiger partial charge in [0.1, 0.15) is 5.67 Å². The van der Waals surface area contributed by atoms with E-state index in [1.165, 1.54) is 0 Å². The first-order chi connectivity index (χ1) is 6.72. The lowest BCUT2D eigenvalue weighted by atomic mass is 9.80. The van der Waals surface area contributed by atoms with Crippen molar-refractivity contribution in [2.24, 2.45) is 0 Å². The summed E-state index contributed by atoms with van der Waals surface area (Å²) in [5, 5.41) is 0. The lowest BCUT2D eigenvalue weighted by Crippen LogP contribution is -2.24. The minimum absolute atomic E-state index is 0.594. The van der Waals surface area contributed by atoms with Gasteiger partial charge in [0, 0.05) is 11.3 Å². The van der Waals surface area contributed by atoms with Crippen molar-refractivity contribution in [1.29, 1.82) is 0 Å². The van der Waals surface area contributed by atoms with E-state index >= 15 is 0 Å². The molecule has 1 aliphatic rings. The first-order valence-electron chi connectivity index (χ1n) is 5.26. The van der Waals surface area contributed by atoms with Crippen molar-refractivity contribution in [2.45, 2.75) is 37.8 Å². The molecule has 0 heterocycles. The van der Waals surface area contributed by atoms with E-state index in [1.807, 2.05) is 18.2 Å². The van der Waals surface area contributed by atoms with Crippen LogP contribution in [0.25, 0.3) is 0 Å². The number of alkyl halides is 1. The van der Waals surface area contributed by atoms with Crippen molar-refractivity contribution < 1.29 is 4.39 Å². The molecule has 1 aromatic carbocycles. The number of benzene rings is 1. The van der Waals surface area contributed by atoms with Crippen molar-refractivity contribution in [2.75, 3.05) is 5.73 Å². The Labute approximate surface area is 84.1 Å². The third-order valence-corrected chi connectivity index (χ3v) is 3.09. The monoisotopic (exact) mass is 193 g/mol. The van der Waals surface area contributed by atoms with Crippen molar-refractivity contribution >= 4 is 5.69 Å². The molecule has 2 heteroatoms. The summed E-state index contributed by atoms with van der Waals surface area (Å²) >= 11 is 0. The average Bonchev–Trinajstić information content (AvgIpc) is 2.19. The Morgan fingerprint density at radius 3 is 2.36 bits per heavy atom. The standard InChI is InChI=1S/C12H16FN/c13-12(8-4-1-5-9-12)10-6-2-3-7-11(10)14/h2-3,6-7H,1,4-5,8-9,14H2. The predicted molar refractivity (Wildman–Crippen MR) is 56.7 cm³/mol. The summed E-state index contributed by atoms with van der Waals surface area (Å²) in [6.45, 7) is 0. The molecule has 1 saturated carbocycles. The molecule has 1 nitrogen and oxygen atoms in total. The molecule has 14 heavy (non-hydrogen) atoms. The van der Waals surface area contributed by atoms with Crippen LogP contribution in [0.3, 0.4) is 0 Å². The minimum atomic E-state index is -1.16. The van der Waals surface area contributed by atoms with Crippen LogP contribution in [-0.2, 0) is 5.67 Å². The molecule has 0 atom stereocenters. The highest BCUT2D eigenvalue weighted by Gasteiger charge is 2.34. The van der Waals surface area contributed by atoms with Gasteiger partial charge in [0.25, 0.3) is 0 Å². The van der Waals surface area contributed by atoms with Crippen LogP contribution in [-0.4, -0.2) is 0 Å². The van der Waals surface area contributed by atoms with Gasteiger partial charge in [-0.15, -0.1) is 0 Å². The molecule has 1 aliphatic carbocycles. The van der Waals surface area contributed by atoms with Crippen LogP contribution >= 0.6 is 0 Å². The molecule has 76 valence electrons. The highest BCUT2D eigenvalue weighted by Crippen LogP contribution is 2.42. The molecule has 0 amide bonds. The van der Waals surface area contributed by atoms with Gasteiger partial charge in [-0.3, -0.25) is 0 Å². The lowest BCUT2D eigenvalue weighted by Gasteiger charge is -2.30. The number of nitrogens with two attached hydrogens (primary N) is 1. The molecule has 0 saturated heterocycles. The van der Waals surface area contributed by atoms with Gasteiger partial charge in [0.2, 0.25) is 0 Å². The van der Waals surface area contributed by atoms with Crippen LogP contribution in [0.4, 0.5) is 10.1 Å². The number of para-hydroxylation sites is 1. The van der Waals surface area contributed by atoms with Crippen LogP contribution in [0, 0.1) is 0 Å². The fraction of sp³-hybridized carbons (Fsp3) is 0.500. The molecule has 0 aliphatic heterocycles. The smallest absolute Gasteiger partial charge is 0.138 e. The molecule has 0 aromatic heterocycles. The van der Waals surface area contributed by atoms with E-state index in [2.05, 4.69) is 0 Å². The van der Waals surface area contributed by atoms with E-state index in [-0.39, 0.29) is 0 Å². The molecular weight excluding hydrogens is 177 g/mol. The molecule has 1 aromatic rings. The maximum Gasteiger partial charge on any atom is 0.138 e. The average molecular weight is 193 g/mol. The van der Waals surface area contributed by atoms with Gasteiger partial charge in [0.15, 0.2) is 0 Å². The quantitative estimate of drug-likeness (QED) is 0.680. The van der Waals surface area contributed by atoms with E-state index in [0.29, 0.717) is 24.1 Å². The van der Waals surface area contributed by atoms with Gasteiger partial charge in [-0.05, 0) is 31.7 Å². The third-order valence-electron chi connectivity index (χ3n) is 3.09. The fourth-order valence-corrected chi connectivity index (χ4v) is 2.29. The molecule has 2 N–H and O–H groups in total. The maximum atomic E-state index is 14.5. The summed E-state index contributed by atoms with van der Waals surface area (Å²) in [6.07, 6.45) is 4.36. The zero-order valence-electron chi connectivity index (χ0n) is 8.30. The van der Waals surface area contributed by atoms with Crippen molar-refractivity contribution in [3.8, 4) is 0 Å². The number of anilines is 1. The second-order valence-corrected chi connectivity index (χ2v) is 4.11. The maximum absolute atomic E-state index is 14.5. The number of hydrogen-bond donors (Lipinski definition) is 1. The van der Waals surface area contributed by atoms with Gasteiger partial charge >= 0.3 is 0 Å². The fourth-order valence-electron chi connectivity index (χ4n) is 2.29. The van der Waals surface area contributed by atoms with E-state index < -0.39 is 5.67 Å². The van der Waals surface area contributed by atoms with Crippen LogP contribution in [0.1, 0.15) is 37.7 Å². The van der Waals surface area contributed by atoms with E-state index in [1.54, 1.807) is 6.07 Å². The summed E-state index contributed by atoms with van der Waals surface area (Å²) in [4.78, 5) is 0. The Morgan fingerprint density at radius 2 is 1.71 bits per heavy atom. The van der Waals surface area contributed by atoms with Gasteiger partial charge in [-0.25, -0.2) is 4.39 Å². The summed E-state index contributed by atoms with van der Waals surface area (Å²) < 4.78 is 14.5. The third kappa shape index (κ3) is 1.61. The Balaban J connectivity index is 2.32. The van der Waals surface area contributed by atoms with Crippen molar-refractivity contribution in [3.05, 3.63) is 29.8 Å². The first-order valence-corrected chi connectivity index (χ1v) is 5.26. The summed E-state index contributed by atoms with van der Waals surface area (Å²) in [5.41, 5.74) is 5.92. The molecule has 2 rings (SSSR count). The highest BCUT2D eigenvalue weighted by molar-refractivity contribution is 5.49. The number of hydrogen-bond acceptors (Lipinski definition) is 1. The Bertz CT molecular complexity index is 316. The second-order valence-electron chi connectivity index (χ2n) is 4.11. The van der Waals surface area contributed by atoms with E-state index in [4.69, 9.17) is 5.73 Å². The second kappa shape index (κ2) is 3.60. The van der Waals surface area contributed by atoms with Crippen LogP contribution < -0.4 is 5.73 Å². The first kappa shape index (κ1) is 9.50. The predicted octanol–water partition coefficient (Wildman–Crippen LogP) is 3.40. The highest BCUT2D eigenvalue weighted by atomic mass is 19.1. The van der Waals surface area contributed by atoms with Crippen LogP contribution in [0.5, 0.6) is 0 Å². The zero-order chi connectivity index (χ0) is 10.0. The van der Waals surface area contributed by atoms with Crippen LogP contribution in [0.2, 0.25) is 0 Å². The Kier molecular flexibility index (Phi) is 2.44. The summed E-state index contributed by atoms with van der Waals surface area (Å²) in [5.74, 6) is 0. The largest absolute Gasteiger partial charge is 0.398 e. The SMILES string of the molecule is Nc1ccccc1C1(F)CCCCC1. The summed E-state index contributed by atoms with van der Waals surface area (Å²) in [6, 6.07) is 7.32. The molecule has 0 spiro atoms. The molecule has 0 bridgehead atoms. The molecule has 0 radical (unpaired) electrons. The normalized spacial score (nSPS) is 20.6. The minimum Gasteiger partial charge on any atom is -0.398 e. The van der Waals surface area contributed by atoms with E-state index in [9.17, 15) is 4.39 Å². The summed E-state index contributed by atoms with van der Waals surface area (Å²) in [7, 11) is 0. The molecular formula is C12H16FN. The van der Waals surface area contributed by atoms with Gasteiger partial charge in [-0.2, -0.15) is 0 Å². The van der Waals surface area contributed by atoms with Crippen LogP contribution in [0.15, 0.2) is 24.3 Å².